The van der Waals surface area contributed by atoms with Crippen molar-refractivity contribution >= 4 is 5.78 Å². The molecule has 162 valence electrons. The topological polar surface area (TPSA) is 116 Å². The fourth-order valence-corrected chi connectivity index (χ4v) is 3.72. The van der Waals surface area contributed by atoms with Gasteiger partial charge in [-0.1, -0.05) is 12.1 Å². The van der Waals surface area contributed by atoms with Gasteiger partial charge in [0.2, 0.25) is 0 Å². The summed E-state index contributed by atoms with van der Waals surface area (Å²) >= 11 is 0. The van der Waals surface area contributed by atoms with Crippen LogP contribution in [0.3, 0.4) is 0 Å². The summed E-state index contributed by atoms with van der Waals surface area (Å²) in [5.74, 6) is 0.768. The van der Waals surface area contributed by atoms with Crippen LogP contribution in [0.1, 0.15) is 42.4 Å². The Balaban J connectivity index is 1.48. The van der Waals surface area contributed by atoms with Crippen LogP contribution in [0.25, 0.3) is 0 Å². The van der Waals surface area contributed by atoms with Crippen LogP contribution < -0.4 is 9.47 Å². The maximum absolute atomic E-state index is 12.3. The van der Waals surface area contributed by atoms with Gasteiger partial charge in [-0.2, -0.15) is 0 Å². The predicted molar refractivity (Wildman–Crippen MR) is 110 cm³/mol. The van der Waals surface area contributed by atoms with Crippen LogP contribution in [0.2, 0.25) is 0 Å². The average molecular weight is 416 g/mol. The van der Waals surface area contributed by atoms with E-state index >= 15 is 0 Å². The lowest BCUT2D eigenvalue weighted by atomic mass is 9.94. The molecule has 0 bridgehead atoms. The second-order valence-electron chi connectivity index (χ2n) is 7.51. The summed E-state index contributed by atoms with van der Waals surface area (Å²) in [6.07, 6.45) is 2.82. The molecular weight excluding hydrogens is 388 g/mol. The molecular formula is C23H28O7. The zero-order chi connectivity index (χ0) is 21.5. The number of hydrogen-bond donors (Lipinski definition) is 4. The smallest absolute Gasteiger partial charge is 0.186 e. The first-order valence-corrected chi connectivity index (χ1v) is 10.2. The number of fused-ring (bicyclic) bond motifs is 1. The van der Waals surface area contributed by atoms with Crippen LogP contribution in [-0.2, 0) is 24.1 Å². The van der Waals surface area contributed by atoms with E-state index in [1.807, 2.05) is 6.07 Å². The number of Topliss-reactive ketones (excluding diaryl/α,β-unsaturated/α-hetero) is 1. The number of aromatic hydroxyl groups is 2. The van der Waals surface area contributed by atoms with E-state index in [-0.39, 0.29) is 29.5 Å². The monoisotopic (exact) mass is 416 g/mol. The van der Waals surface area contributed by atoms with Crippen LogP contribution in [0.15, 0.2) is 30.3 Å². The van der Waals surface area contributed by atoms with Crippen molar-refractivity contribution in [1.82, 2.24) is 0 Å². The molecule has 1 heterocycles. The molecule has 4 N–H and O–H groups in total. The summed E-state index contributed by atoms with van der Waals surface area (Å²) in [6, 6.07) is 8.23. The Labute approximate surface area is 175 Å². The van der Waals surface area contributed by atoms with Gasteiger partial charge in [-0.15, -0.1) is 0 Å². The highest BCUT2D eigenvalue weighted by molar-refractivity contribution is 5.79. The summed E-state index contributed by atoms with van der Waals surface area (Å²) in [4.78, 5) is 12.3. The molecule has 0 saturated heterocycles. The molecule has 0 spiro atoms. The van der Waals surface area contributed by atoms with Gasteiger partial charge in [0.05, 0.1) is 12.7 Å². The number of carbonyl (C=O) groups excluding carboxylic acids is 1. The van der Waals surface area contributed by atoms with Crippen molar-refractivity contribution in [3.63, 3.8) is 0 Å². The Kier molecular flexibility index (Phi) is 7.54. The Bertz CT molecular complexity index is 878. The molecule has 0 amide bonds. The van der Waals surface area contributed by atoms with Crippen molar-refractivity contribution in [3.8, 4) is 23.0 Å². The van der Waals surface area contributed by atoms with Crippen LogP contribution in [0.4, 0.5) is 0 Å². The molecule has 7 heteroatoms. The zero-order valence-electron chi connectivity index (χ0n) is 16.8. The Morgan fingerprint density at radius 2 is 1.93 bits per heavy atom. The van der Waals surface area contributed by atoms with Gasteiger partial charge in [0.1, 0.15) is 5.78 Å². The van der Waals surface area contributed by atoms with Crippen LogP contribution in [-0.4, -0.2) is 45.7 Å². The molecule has 0 aromatic heterocycles. The lowest BCUT2D eigenvalue weighted by molar-refractivity contribution is -0.121. The van der Waals surface area contributed by atoms with E-state index in [4.69, 9.17) is 14.6 Å². The van der Waals surface area contributed by atoms with E-state index in [1.165, 1.54) is 6.07 Å². The van der Waals surface area contributed by atoms with Gasteiger partial charge in [0, 0.05) is 18.4 Å². The zero-order valence-corrected chi connectivity index (χ0v) is 16.8. The number of rotatable bonds is 10. The number of phenolic OH excluding ortho intramolecular Hbond substituents is 2. The Morgan fingerprint density at radius 3 is 2.73 bits per heavy atom. The lowest BCUT2D eigenvalue weighted by Gasteiger charge is -2.21. The normalized spacial score (nSPS) is 13.9. The summed E-state index contributed by atoms with van der Waals surface area (Å²) < 4.78 is 10.5. The number of ketones is 1. The Hall–Kier alpha value is -2.77. The fraction of sp³-hybridized carbons (Fsp3) is 0.435. The summed E-state index contributed by atoms with van der Waals surface area (Å²) in [7, 11) is 0. The first-order chi connectivity index (χ1) is 14.5. The van der Waals surface area contributed by atoms with Crippen molar-refractivity contribution in [2.45, 2.75) is 51.0 Å². The number of benzene rings is 2. The molecule has 1 aliphatic rings. The molecule has 30 heavy (non-hydrogen) atoms. The maximum atomic E-state index is 12.3. The minimum absolute atomic E-state index is 0.0175. The van der Waals surface area contributed by atoms with Crippen molar-refractivity contribution < 1.29 is 34.7 Å². The third-order valence-electron chi connectivity index (χ3n) is 5.30. The molecule has 7 nitrogen and oxygen atoms in total. The largest absolute Gasteiger partial charge is 0.504 e. The minimum atomic E-state index is -0.759. The molecule has 0 unspecified atom stereocenters. The fourth-order valence-electron chi connectivity index (χ4n) is 3.72. The lowest BCUT2D eigenvalue weighted by Crippen LogP contribution is -2.16. The van der Waals surface area contributed by atoms with Gasteiger partial charge < -0.3 is 29.9 Å². The van der Waals surface area contributed by atoms with Crippen molar-refractivity contribution in [1.29, 1.82) is 0 Å². The van der Waals surface area contributed by atoms with Gasteiger partial charge >= 0.3 is 0 Å². The van der Waals surface area contributed by atoms with Gasteiger partial charge in [-0.05, 0) is 61.4 Å². The van der Waals surface area contributed by atoms with Gasteiger partial charge in [-0.25, -0.2) is 0 Å². The van der Waals surface area contributed by atoms with E-state index in [0.29, 0.717) is 38.0 Å². The molecule has 1 aliphatic heterocycles. The first kappa shape index (κ1) is 21.9. The summed E-state index contributed by atoms with van der Waals surface area (Å²) in [5.41, 5.74) is 2.81. The predicted octanol–water partition coefficient (Wildman–Crippen LogP) is 2.64. The number of aliphatic hydroxyl groups is 2. The van der Waals surface area contributed by atoms with Gasteiger partial charge in [0.25, 0.3) is 0 Å². The van der Waals surface area contributed by atoms with Crippen molar-refractivity contribution in [2.75, 3.05) is 13.4 Å². The van der Waals surface area contributed by atoms with E-state index in [9.17, 15) is 20.1 Å². The van der Waals surface area contributed by atoms with Crippen LogP contribution >= 0.6 is 0 Å². The number of aliphatic hydroxyl groups excluding tert-OH is 2. The highest BCUT2D eigenvalue weighted by Gasteiger charge is 2.19. The SMILES string of the molecule is O=C(CCc1ccc(O)c2c1CCCO2)C[C@H](O)CCc1ccc(O)c(OCO)c1. The third kappa shape index (κ3) is 5.64. The Morgan fingerprint density at radius 1 is 1.13 bits per heavy atom. The second-order valence-corrected chi connectivity index (χ2v) is 7.51. The summed E-state index contributed by atoms with van der Waals surface area (Å²) in [5, 5.41) is 38.7. The highest BCUT2D eigenvalue weighted by atomic mass is 16.6. The van der Waals surface area contributed by atoms with Crippen LogP contribution in [0, 0.1) is 0 Å². The number of carbonyl (C=O) groups is 1. The number of ether oxygens (including phenoxy) is 2. The molecule has 0 saturated carbocycles. The standard InChI is InChI=1S/C23H28O7/c24-14-30-22-12-15(4-9-20(22)27)3-7-17(25)13-18(26)8-5-16-6-10-21(28)23-19(16)2-1-11-29-23/h4,6,9-10,12,17,24-25,27-28H,1-3,5,7-8,11,13-14H2/t17-/m1/s1. The highest BCUT2D eigenvalue weighted by Crippen LogP contribution is 2.36. The number of aryl methyl sites for hydroxylation is 2. The molecule has 2 aromatic carbocycles. The summed E-state index contributed by atoms with van der Waals surface area (Å²) in [6.45, 7) is 0.0499. The quantitative estimate of drug-likeness (QED) is 0.440. The molecule has 0 aliphatic carbocycles. The maximum Gasteiger partial charge on any atom is 0.186 e. The van der Waals surface area contributed by atoms with Crippen LogP contribution in [0.5, 0.6) is 23.0 Å². The number of hydrogen-bond acceptors (Lipinski definition) is 7. The van der Waals surface area contributed by atoms with Gasteiger partial charge in [0.15, 0.2) is 29.8 Å². The third-order valence-corrected chi connectivity index (χ3v) is 5.30. The van der Waals surface area contributed by atoms with E-state index in [0.717, 1.165) is 29.5 Å². The van der Waals surface area contributed by atoms with E-state index < -0.39 is 12.9 Å². The number of phenols is 2. The molecule has 3 rings (SSSR count). The molecule has 0 radical (unpaired) electrons. The van der Waals surface area contributed by atoms with Crippen molar-refractivity contribution in [2.24, 2.45) is 0 Å². The molecule has 1 atom stereocenters. The van der Waals surface area contributed by atoms with Gasteiger partial charge in [-0.3, -0.25) is 4.79 Å². The van der Waals surface area contributed by atoms with E-state index in [1.54, 1.807) is 18.2 Å². The minimum Gasteiger partial charge on any atom is -0.504 e. The van der Waals surface area contributed by atoms with Crippen molar-refractivity contribution in [3.05, 3.63) is 47.0 Å². The molecule has 2 aromatic rings. The molecule has 0 fully saturated rings. The average Bonchev–Trinajstić information content (AvgIpc) is 2.74. The van der Waals surface area contributed by atoms with E-state index in [2.05, 4.69) is 0 Å². The first-order valence-electron chi connectivity index (χ1n) is 10.2. The second kappa shape index (κ2) is 10.3.